The highest BCUT2D eigenvalue weighted by Gasteiger charge is 2.63. The van der Waals surface area contributed by atoms with E-state index in [4.69, 9.17) is 5.26 Å². The van der Waals surface area contributed by atoms with E-state index in [1.54, 1.807) is 0 Å². The van der Waals surface area contributed by atoms with E-state index in [2.05, 4.69) is 13.0 Å². The lowest BCUT2D eigenvalue weighted by Gasteiger charge is -2.70. The Bertz CT molecular complexity index is 179. The van der Waals surface area contributed by atoms with Crippen LogP contribution in [0.4, 0.5) is 0 Å². The number of hydrogen-bond donors (Lipinski definition) is 0. The Balaban J connectivity index is 1.83. The van der Waals surface area contributed by atoms with E-state index < -0.39 is 0 Å². The molecule has 0 aromatic carbocycles. The van der Waals surface area contributed by atoms with Gasteiger partial charge in [-0.3, -0.25) is 0 Å². The van der Waals surface area contributed by atoms with Crippen molar-refractivity contribution in [1.82, 2.24) is 0 Å². The lowest BCUT2D eigenvalue weighted by Crippen LogP contribution is -2.59. The van der Waals surface area contributed by atoms with Gasteiger partial charge in [-0.05, 0) is 36.5 Å². The molecule has 10 heavy (non-hydrogen) atoms. The molecule has 1 nitrogen and oxygen atoms in total. The maximum absolute atomic E-state index is 8.38. The summed E-state index contributed by atoms with van der Waals surface area (Å²) in [7, 11) is 0. The monoisotopic (exact) mass is 135 g/mol. The number of nitrogens with zero attached hydrogens (tertiary/aromatic N) is 1. The van der Waals surface area contributed by atoms with Gasteiger partial charge >= 0.3 is 0 Å². The van der Waals surface area contributed by atoms with Crippen molar-refractivity contribution in [2.45, 2.75) is 39.0 Å². The van der Waals surface area contributed by atoms with E-state index in [0.29, 0.717) is 5.41 Å². The first-order valence-corrected chi connectivity index (χ1v) is 4.05. The molecule has 0 unspecified atom stereocenters. The molecule has 3 aliphatic rings. The molecular weight excluding hydrogens is 122 g/mol. The molecule has 0 aliphatic heterocycles. The molecule has 2 bridgehead atoms. The minimum Gasteiger partial charge on any atom is -0.198 e. The summed E-state index contributed by atoms with van der Waals surface area (Å²) in [5.74, 6) is 0. The molecule has 0 amide bonds. The summed E-state index contributed by atoms with van der Waals surface area (Å²) >= 11 is 0. The van der Waals surface area contributed by atoms with Crippen molar-refractivity contribution in [3.63, 3.8) is 0 Å². The minimum atomic E-state index is 0.657. The average molecular weight is 135 g/mol. The highest BCUT2D eigenvalue weighted by Crippen LogP contribution is 2.74. The molecule has 3 fully saturated rings. The molecule has 1 heteroatoms. The molecule has 0 heterocycles. The van der Waals surface area contributed by atoms with E-state index in [1.807, 2.05) is 0 Å². The highest BCUT2D eigenvalue weighted by molar-refractivity contribution is 5.14. The summed E-state index contributed by atoms with van der Waals surface area (Å²) in [6.07, 6.45) is 6.15. The van der Waals surface area contributed by atoms with Crippen LogP contribution in [0, 0.1) is 22.2 Å². The summed E-state index contributed by atoms with van der Waals surface area (Å²) in [5.41, 5.74) is 1.37. The van der Waals surface area contributed by atoms with Gasteiger partial charge in [-0.1, -0.05) is 6.92 Å². The van der Waals surface area contributed by atoms with E-state index in [1.165, 1.54) is 25.7 Å². The van der Waals surface area contributed by atoms with Crippen LogP contribution in [0.25, 0.3) is 0 Å². The SMILES string of the molecule is CC12CC(CCC#N)(C1)C2. The summed E-state index contributed by atoms with van der Waals surface area (Å²) in [6.45, 7) is 2.36. The average Bonchev–Trinajstić information content (AvgIpc) is 1.75. The van der Waals surface area contributed by atoms with Crippen molar-refractivity contribution < 1.29 is 0 Å². The van der Waals surface area contributed by atoms with Gasteiger partial charge in [0.15, 0.2) is 0 Å². The zero-order valence-corrected chi connectivity index (χ0v) is 6.48. The predicted molar refractivity (Wildman–Crippen MR) is 39.2 cm³/mol. The van der Waals surface area contributed by atoms with E-state index in [-0.39, 0.29) is 0 Å². The van der Waals surface area contributed by atoms with E-state index in [0.717, 1.165) is 11.8 Å². The molecule has 0 radical (unpaired) electrons. The second-order valence-electron chi connectivity index (χ2n) is 4.50. The third-order valence-corrected chi connectivity index (χ3v) is 3.17. The Hall–Kier alpha value is -0.510. The summed E-state index contributed by atoms with van der Waals surface area (Å²) < 4.78 is 0. The zero-order valence-electron chi connectivity index (χ0n) is 6.48. The Morgan fingerprint density at radius 2 is 2.00 bits per heavy atom. The van der Waals surface area contributed by atoms with Crippen molar-refractivity contribution in [1.29, 1.82) is 5.26 Å². The van der Waals surface area contributed by atoms with Crippen molar-refractivity contribution in [3.05, 3.63) is 0 Å². The lowest BCUT2D eigenvalue weighted by atomic mass is 9.35. The van der Waals surface area contributed by atoms with Gasteiger partial charge in [0.1, 0.15) is 0 Å². The van der Waals surface area contributed by atoms with Crippen LogP contribution in [-0.4, -0.2) is 0 Å². The number of rotatable bonds is 2. The van der Waals surface area contributed by atoms with Crippen molar-refractivity contribution >= 4 is 0 Å². The second-order valence-corrected chi connectivity index (χ2v) is 4.50. The molecule has 0 aromatic rings. The molecule has 0 spiro atoms. The molecular formula is C9H13N. The van der Waals surface area contributed by atoms with Gasteiger partial charge in [0.2, 0.25) is 0 Å². The molecule has 3 saturated carbocycles. The molecule has 54 valence electrons. The van der Waals surface area contributed by atoms with Gasteiger partial charge in [-0.2, -0.15) is 5.26 Å². The molecule has 0 N–H and O–H groups in total. The minimum absolute atomic E-state index is 0.657. The van der Waals surface area contributed by atoms with Crippen LogP contribution in [0.1, 0.15) is 39.0 Å². The maximum Gasteiger partial charge on any atom is 0.0621 e. The van der Waals surface area contributed by atoms with Crippen molar-refractivity contribution in [3.8, 4) is 6.07 Å². The Morgan fingerprint density at radius 3 is 2.40 bits per heavy atom. The Kier molecular flexibility index (Phi) is 0.968. The predicted octanol–water partition coefficient (Wildman–Crippen LogP) is 2.48. The smallest absolute Gasteiger partial charge is 0.0621 e. The molecule has 0 saturated heterocycles. The van der Waals surface area contributed by atoms with Crippen LogP contribution in [-0.2, 0) is 0 Å². The standard InChI is InChI=1S/C9H13N/c1-8-5-9(6-8,7-8)3-2-4-10/h2-3,5-7H2,1H3. The molecule has 3 rings (SSSR count). The van der Waals surface area contributed by atoms with E-state index >= 15 is 0 Å². The van der Waals surface area contributed by atoms with Gasteiger partial charge in [0, 0.05) is 6.42 Å². The van der Waals surface area contributed by atoms with Crippen LogP contribution in [0.2, 0.25) is 0 Å². The fraction of sp³-hybridized carbons (Fsp3) is 0.889. The summed E-state index contributed by atoms with van der Waals surface area (Å²) in [4.78, 5) is 0. The fourth-order valence-corrected chi connectivity index (χ4v) is 3.15. The first-order valence-electron chi connectivity index (χ1n) is 4.05. The zero-order chi connectivity index (χ0) is 7.24. The third-order valence-electron chi connectivity index (χ3n) is 3.17. The third kappa shape index (κ3) is 0.624. The van der Waals surface area contributed by atoms with Crippen LogP contribution < -0.4 is 0 Å². The van der Waals surface area contributed by atoms with Crippen LogP contribution >= 0.6 is 0 Å². The van der Waals surface area contributed by atoms with Gasteiger partial charge in [-0.25, -0.2) is 0 Å². The second kappa shape index (κ2) is 1.56. The van der Waals surface area contributed by atoms with Gasteiger partial charge < -0.3 is 0 Å². The molecule has 0 aromatic heterocycles. The largest absolute Gasteiger partial charge is 0.198 e. The molecule has 0 atom stereocenters. The number of hydrogen-bond acceptors (Lipinski definition) is 1. The quantitative estimate of drug-likeness (QED) is 0.570. The highest BCUT2D eigenvalue weighted by atomic mass is 14.7. The fourth-order valence-electron chi connectivity index (χ4n) is 3.15. The first-order chi connectivity index (χ1) is 4.68. The molecule has 3 aliphatic carbocycles. The summed E-state index contributed by atoms with van der Waals surface area (Å²) in [6, 6.07) is 2.23. The van der Waals surface area contributed by atoms with Gasteiger partial charge in [0.05, 0.1) is 6.07 Å². The van der Waals surface area contributed by atoms with Crippen LogP contribution in [0.3, 0.4) is 0 Å². The Labute approximate surface area is 62.0 Å². The maximum atomic E-state index is 8.38. The van der Waals surface area contributed by atoms with Gasteiger partial charge in [0.25, 0.3) is 0 Å². The normalized spacial score (nSPS) is 48.8. The van der Waals surface area contributed by atoms with Crippen molar-refractivity contribution in [2.24, 2.45) is 10.8 Å². The summed E-state index contributed by atoms with van der Waals surface area (Å²) in [5, 5.41) is 8.38. The Morgan fingerprint density at radius 1 is 1.40 bits per heavy atom. The topological polar surface area (TPSA) is 23.8 Å². The number of nitriles is 1. The lowest BCUT2D eigenvalue weighted by molar-refractivity contribution is -0.193. The van der Waals surface area contributed by atoms with Crippen LogP contribution in [0.15, 0.2) is 0 Å². The van der Waals surface area contributed by atoms with Crippen molar-refractivity contribution in [2.75, 3.05) is 0 Å². The first kappa shape index (κ1) is 6.22. The van der Waals surface area contributed by atoms with Crippen LogP contribution in [0.5, 0.6) is 0 Å². The van der Waals surface area contributed by atoms with Gasteiger partial charge in [-0.15, -0.1) is 0 Å². The van der Waals surface area contributed by atoms with E-state index in [9.17, 15) is 0 Å².